The van der Waals surface area contributed by atoms with E-state index in [-0.39, 0.29) is 5.91 Å². The average Bonchev–Trinajstić information content (AvgIpc) is 2.22. The summed E-state index contributed by atoms with van der Waals surface area (Å²) in [4.78, 5) is 11.2. The van der Waals surface area contributed by atoms with Crippen molar-refractivity contribution in [2.45, 2.75) is 13.0 Å². The van der Waals surface area contributed by atoms with Crippen molar-refractivity contribution >= 4 is 29.1 Å². The number of hydrogen-bond donors (Lipinski definition) is 1. The molecule has 1 aromatic rings. The molecule has 1 rings (SSSR count). The summed E-state index contributed by atoms with van der Waals surface area (Å²) in [5.74, 6) is 0.186. The molecule has 1 aromatic carbocycles. The molecule has 0 aliphatic heterocycles. The number of amides is 1. The first-order valence-corrected chi connectivity index (χ1v) is 5.13. The van der Waals surface area contributed by atoms with Crippen LogP contribution in [-0.4, -0.2) is 19.1 Å². The number of rotatable bonds is 3. The van der Waals surface area contributed by atoms with Gasteiger partial charge in [-0.05, 0) is 19.1 Å². The Kier molecular flexibility index (Phi) is 4.24. The van der Waals surface area contributed by atoms with Crippen LogP contribution in [0.4, 0.5) is 0 Å². The van der Waals surface area contributed by atoms with Gasteiger partial charge in [-0.25, -0.2) is 0 Å². The molecule has 1 atom stereocenters. The molecule has 0 aliphatic carbocycles. The minimum atomic E-state index is -0.606. The topological polar surface area (TPSA) is 38.3 Å². The minimum absolute atomic E-state index is 0.217. The summed E-state index contributed by atoms with van der Waals surface area (Å²) in [5, 5.41) is 3.42. The molecule has 0 saturated heterocycles. The minimum Gasteiger partial charge on any atom is -0.479 e. The van der Waals surface area contributed by atoms with Crippen molar-refractivity contribution in [1.82, 2.24) is 5.32 Å². The number of nitrogens with one attached hydrogen (secondary N) is 1. The molecule has 1 N–H and O–H groups in total. The zero-order chi connectivity index (χ0) is 11.4. The molecule has 5 heteroatoms. The molecule has 0 heterocycles. The fourth-order valence-electron chi connectivity index (χ4n) is 1.01. The zero-order valence-electron chi connectivity index (χ0n) is 8.38. The predicted octanol–water partition coefficient (Wildman–Crippen LogP) is 2.51. The van der Waals surface area contributed by atoms with Crippen LogP contribution in [0.1, 0.15) is 6.92 Å². The third kappa shape index (κ3) is 3.29. The summed E-state index contributed by atoms with van der Waals surface area (Å²) >= 11 is 11.6. The molecule has 0 bridgehead atoms. The Labute approximate surface area is 98.3 Å². The number of carbonyl (C=O) groups is 1. The summed E-state index contributed by atoms with van der Waals surface area (Å²) < 4.78 is 5.35. The number of halogens is 2. The Hall–Kier alpha value is -0.930. The van der Waals surface area contributed by atoms with Gasteiger partial charge in [-0.2, -0.15) is 0 Å². The SMILES string of the molecule is CNC(=O)C(C)Oc1cc(Cl)ccc1Cl. The Morgan fingerprint density at radius 1 is 1.47 bits per heavy atom. The van der Waals surface area contributed by atoms with Gasteiger partial charge < -0.3 is 10.1 Å². The van der Waals surface area contributed by atoms with Crippen LogP contribution in [0.2, 0.25) is 10.0 Å². The van der Waals surface area contributed by atoms with Crippen LogP contribution < -0.4 is 10.1 Å². The molecule has 15 heavy (non-hydrogen) atoms. The molecule has 0 aromatic heterocycles. The lowest BCUT2D eigenvalue weighted by molar-refractivity contribution is -0.126. The van der Waals surface area contributed by atoms with E-state index in [2.05, 4.69) is 5.32 Å². The first kappa shape index (κ1) is 12.1. The van der Waals surface area contributed by atoms with Crippen LogP contribution in [0.15, 0.2) is 18.2 Å². The highest BCUT2D eigenvalue weighted by Gasteiger charge is 2.14. The van der Waals surface area contributed by atoms with Crippen LogP contribution in [-0.2, 0) is 4.79 Å². The quantitative estimate of drug-likeness (QED) is 0.892. The van der Waals surface area contributed by atoms with Gasteiger partial charge in [0.2, 0.25) is 0 Å². The second-order valence-corrected chi connectivity index (χ2v) is 3.79. The molecular weight excluding hydrogens is 237 g/mol. The van der Waals surface area contributed by atoms with Gasteiger partial charge in [0.25, 0.3) is 5.91 Å². The highest BCUT2D eigenvalue weighted by molar-refractivity contribution is 6.34. The van der Waals surface area contributed by atoms with E-state index < -0.39 is 6.10 Å². The van der Waals surface area contributed by atoms with Crippen molar-refractivity contribution in [3.63, 3.8) is 0 Å². The summed E-state index contributed by atoms with van der Waals surface area (Å²) in [5.41, 5.74) is 0. The van der Waals surface area contributed by atoms with Gasteiger partial charge in [0.1, 0.15) is 5.75 Å². The first-order valence-electron chi connectivity index (χ1n) is 4.38. The van der Waals surface area contributed by atoms with E-state index in [4.69, 9.17) is 27.9 Å². The Balaban J connectivity index is 2.80. The smallest absolute Gasteiger partial charge is 0.260 e. The maximum Gasteiger partial charge on any atom is 0.260 e. The van der Waals surface area contributed by atoms with E-state index in [1.807, 2.05) is 0 Å². The van der Waals surface area contributed by atoms with E-state index in [1.54, 1.807) is 32.2 Å². The zero-order valence-corrected chi connectivity index (χ0v) is 9.89. The van der Waals surface area contributed by atoms with Gasteiger partial charge in [-0.15, -0.1) is 0 Å². The molecule has 0 spiro atoms. The predicted molar refractivity (Wildman–Crippen MR) is 60.6 cm³/mol. The third-order valence-electron chi connectivity index (χ3n) is 1.81. The van der Waals surface area contributed by atoms with E-state index in [0.29, 0.717) is 15.8 Å². The second kappa shape index (κ2) is 5.24. The van der Waals surface area contributed by atoms with Crippen molar-refractivity contribution in [2.24, 2.45) is 0 Å². The summed E-state index contributed by atoms with van der Waals surface area (Å²) in [6.07, 6.45) is -0.606. The number of hydrogen-bond acceptors (Lipinski definition) is 2. The lowest BCUT2D eigenvalue weighted by atomic mass is 10.3. The Morgan fingerprint density at radius 2 is 2.13 bits per heavy atom. The van der Waals surface area contributed by atoms with Gasteiger partial charge in [0, 0.05) is 18.1 Å². The van der Waals surface area contributed by atoms with E-state index in [0.717, 1.165) is 0 Å². The van der Waals surface area contributed by atoms with Crippen LogP contribution in [0.25, 0.3) is 0 Å². The summed E-state index contributed by atoms with van der Waals surface area (Å²) in [6, 6.07) is 4.85. The number of ether oxygens (including phenoxy) is 1. The Morgan fingerprint density at radius 3 is 2.73 bits per heavy atom. The van der Waals surface area contributed by atoms with Gasteiger partial charge in [0.05, 0.1) is 5.02 Å². The molecule has 0 saturated carbocycles. The molecule has 1 unspecified atom stereocenters. The van der Waals surface area contributed by atoms with Crippen LogP contribution >= 0.6 is 23.2 Å². The monoisotopic (exact) mass is 247 g/mol. The first-order chi connectivity index (χ1) is 7.04. The van der Waals surface area contributed by atoms with Gasteiger partial charge >= 0.3 is 0 Å². The van der Waals surface area contributed by atoms with Gasteiger partial charge in [-0.3, -0.25) is 4.79 Å². The molecular formula is C10H11Cl2NO2. The number of carbonyl (C=O) groups excluding carboxylic acids is 1. The largest absolute Gasteiger partial charge is 0.479 e. The number of likely N-dealkylation sites (N-methyl/N-ethyl adjacent to an activating group) is 1. The molecule has 0 radical (unpaired) electrons. The highest BCUT2D eigenvalue weighted by Crippen LogP contribution is 2.28. The average molecular weight is 248 g/mol. The lowest BCUT2D eigenvalue weighted by Gasteiger charge is -2.14. The lowest BCUT2D eigenvalue weighted by Crippen LogP contribution is -2.33. The fourth-order valence-corrected chi connectivity index (χ4v) is 1.34. The molecule has 0 fully saturated rings. The molecule has 1 amide bonds. The van der Waals surface area contributed by atoms with Crippen molar-refractivity contribution < 1.29 is 9.53 Å². The van der Waals surface area contributed by atoms with Crippen molar-refractivity contribution in [2.75, 3.05) is 7.05 Å². The maximum atomic E-state index is 11.2. The van der Waals surface area contributed by atoms with E-state index in [9.17, 15) is 4.79 Å². The maximum absolute atomic E-state index is 11.2. The van der Waals surface area contributed by atoms with Gasteiger partial charge in [0.15, 0.2) is 6.10 Å². The van der Waals surface area contributed by atoms with Crippen molar-refractivity contribution in [1.29, 1.82) is 0 Å². The molecule has 82 valence electrons. The molecule has 3 nitrogen and oxygen atoms in total. The Bertz CT molecular complexity index is 368. The summed E-state index contributed by atoms with van der Waals surface area (Å²) in [6.45, 7) is 1.63. The highest BCUT2D eigenvalue weighted by atomic mass is 35.5. The van der Waals surface area contributed by atoms with E-state index >= 15 is 0 Å². The van der Waals surface area contributed by atoms with Crippen LogP contribution in [0.5, 0.6) is 5.75 Å². The van der Waals surface area contributed by atoms with Crippen molar-refractivity contribution in [3.05, 3.63) is 28.2 Å². The normalized spacial score (nSPS) is 12.0. The van der Waals surface area contributed by atoms with Crippen LogP contribution in [0, 0.1) is 0 Å². The second-order valence-electron chi connectivity index (χ2n) is 2.95. The standard InChI is InChI=1S/C10H11Cl2NO2/c1-6(10(14)13-2)15-9-5-7(11)3-4-8(9)12/h3-6H,1-2H3,(H,13,14). The van der Waals surface area contributed by atoms with Crippen LogP contribution in [0.3, 0.4) is 0 Å². The summed E-state index contributed by atoms with van der Waals surface area (Å²) in [7, 11) is 1.54. The van der Waals surface area contributed by atoms with Gasteiger partial charge in [-0.1, -0.05) is 23.2 Å². The molecule has 0 aliphatic rings. The van der Waals surface area contributed by atoms with Crippen molar-refractivity contribution in [3.8, 4) is 5.75 Å². The number of benzene rings is 1. The fraction of sp³-hybridized carbons (Fsp3) is 0.300. The van der Waals surface area contributed by atoms with E-state index in [1.165, 1.54) is 0 Å². The third-order valence-corrected chi connectivity index (χ3v) is 2.36.